The molecule has 4 nitrogen and oxygen atoms in total. The highest BCUT2D eigenvalue weighted by molar-refractivity contribution is 7.80. The standard InChI is InChI=1S/C22H21N3OS/c1-17-8-5-6-13-21(17)24-22(27)25-23-15-19-11-7-12-20(14-19)26-16-18-9-3-2-4-10-18/h2-15H,16H2,1H3,(H2,24,25,27)/b23-15-. The molecule has 5 heteroatoms. The van der Waals surface area contributed by atoms with Gasteiger partial charge in [-0.2, -0.15) is 5.10 Å². The lowest BCUT2D eigenvalue weighted by molar-refractivity contribution is 0.306. The first-order valence-corrected chi connectivity index (χ1v) is 9.04. The fourth-order valence-electron chi connectivity index (χ4n) is 2.45. The number of benzene rings is 3. The highest BCUT2D eigenvalue weighted by Gasteiger charge is 1.99. The van der Waals surface area contributed by atoms with E-state index in [-0.39, 0.29) is 0 Å². The van der Waals surface area contributed by atoms with Crippen LogP contribution in [0.3, 0.4) is 0 Å². The lowest BCUT2D eigenvalue weighted by Crippen LogP contribution is -2.24. The molecule has 0 aliphatic rings. The van der Waals surface area contributed by atoms with Crippen LogP contribution in [-0.4, -0.2) is 11.3 Å². The van der Waals surface area contributed by atoms with Crippen LogP contribution in [0.5, 0.6) is 5.75 Å². The predicted molar refractivity (Wildman–Crippen MR) is 115 cm³/mol. The van der Waals surface area contributed by atoms with Crippen molar-refractivity contribution >= 4 is 29.2 Å². The summed E-state index contributed by atoms with van der Waals surface area (Å²) in [6.07, 6.45) is 1.71. The van der Waals surface area contributed by atoms with Gasteiger partial charge in [-0.15, -0.1) is 0 Å². The first-order chi connectivity index (χ1) is 13.2. The monoisotopic (exact) mass is 375 g/mol. The van der Waals surface area contributed by atoms with Gasteiger partial charge >= 0.3 is 0 Å². The number of nitrogens with one attached hydrogen (secondary N) is 2. The summed E-state index contributed by atoms with van der Waals surface area (Å²) in [6, 6.07) is 25.8. The second kappa shape index (κ2) is 9.50. The second-order valence-electron chi connectivity index (χ2n) is 5.99. The number of hydrogen-bond acceptors (Lipinski definition) is 3. The van der Waals surface area contributed by atoms with Crippen molar-refractivity contribution in [3.63, 3.8) is 0 Å². The summed E-state index contributed by atoms with van der Waals surface area (Å²) in [5, 5.41) is 7.76. The quantitative estimate of drug-likeness (QED) is 0.366. The molecule has 0 aromatic heterocycles. The van der Waals surface area contributed by atoms with Crippen LogP contribution in [-0.2, 0) is 6.61 Å². The number of ether oxygens (including phenoxy) is 1. The van der Waals surface area contributed by atoms with E-state index in [1.165, 1.54) is 0 Å². The minimum Gasteiger partial charge on any atom is -0.489 e. The fourth-order valence-corrected chi connectivity index (χ4v) is 2.62. The summed E-state index contributed by atoms with van der Waals surface area (Å²) in [5.41, 5.74) is 6.97. The Morgan fingerprint density at radius 2 is 1.78 bits per heavy atom. The third-order valence-electron chi connectivity index (χ3n) is 3.88. The summed E-state index contributed by atoms with van der Waals surface area (Å²) < 4.78 is 5.83. The van der Waals surface area contributed by atoms with Gasteiger partial charge in [0.05, 0.1) is 6.21 Å². The van der Waals surface area contributed by atoms with Crippen LogP contribution >= 0.6 is 12.2 Å². The second-order valence-corrected chi connectivity index (χ2v) is 6.39. The molecule has 0 spiro atoms. The van der Waals surface area contributed by atoms with Crippen molar-refractivity contribution in [3.05, 3.63) is 95.6 Å². The van der Waals surface area contributed by atoms with Crippen molar-refractivity contribution in [1.82, 2.24) is 5.43 Å². The first-order valence-electron chi connectivity index (χ1n) is 8.63. The topological polar surface area (TPSA) is 45.7 Å². The van der Waals surface area contributed by atoms with Crippen LogP contribution < -0.4 is 15.5 Å². The fraction of sp³-hybridized carbons (Fsp3) is 0.0909. The van der Waals surface area contributed by atoms with Crippen molar-refractivity contribution in [1.29, 1.82) is 0 Å². The third-order valence-corrected chi connectivity index (χ3v) is 4.07. The number of hydrogen-bond donors (Lipinski definition) is 2. The van der Waals surface area contributed by atoms with Gasteiger partial charge in [0.25, 0.3) is 0 Å². The molecule has 0 bridgehead atoms. The Labute approximate surface area is 164 Å². The maximum Gasteiger partial charge on any atom is 0.191 e. The lowest BCUT2D eigenvalue weighted by Gasteiger charge is -2.09. The Morgan fingerprint density at radius 1 is 1.00 bits per heavy atom. The molecule has 0 unspecified atom stereocenters. The van der Waals surface area contributed by atoms with Gasteiger partial charge in [0.15, 0.2) is 5.11 Å². The molecule has 27 heavy (non-hydrogen) atoms. The maximum atomic E-state index is 5.83. The number of thiocarbonyl (C=S) groups is 1. The Bertz CT molecular complexity index is 926. The summed E-state index contributed by atoms with van der Waals surface area (Å²) in [7, 11) is 0. The average Bonchev–Trinajstić information content (AvgIpc) is 2.69. The van der Waals surface area contributed by atoms with Crippen LogP contribution in [0, 0.1) is 6.92 Å². The number of aryl methyl sites for hydroxylation is 1. The Morgan fingerprint density at radius 3 is 2.59 bits per heavy atom. The Balaban J connectivity index is 1.52. The number of rotatable bonds is 6. The molecular weight excluding hydrogens is 354 g/mol. The van der Waals surface area contributed by atoms with Crippen LogP contribution in [0.4, 0.5) is 5.69 Å². The molecule has 0 aliphatic heterocycles. The summed E-state index contributed by atoms with van der Waals surface area (Å²) in [6.45, 7) is 2.55. The van der Waals surface area contributed by atoms with Gasteiger partial charge in [-0.3, -0.25) is 5.43 Å². The number of nitrogens with zero attached hydrogens (tertiary/aromatic N) is 1. The van der Waals surface area contributed by atoms with E-state index < -0.39 is 0 Å². The van der Waals surface area contributed by atoms with Gasteiger partial charge in [0.2, 0.25) is 0 Å². The normalized spacial score (nSPS) is 10.6. The average molecular weight is 375 g/mol. The minimum atomic E-state index is 0.442. The zero-order valence-corrected chi connectivity index (χ0v) is 15.9. The van der Waals surface area contributed by atoms with Crippen LogP contribution in [0.1, 0.15) is 16.7 Å². The smallest absolute Gasteiger partial charge is 0.191 e. The van der Waals surface area contributed by atoms with E-state index in [4.69, 9.17) is 17.0 Å². The van der Waals surface area contributed by atoms with Crippen molar-refractivity contribution in [2.45, 2.75) is 13.5 Å². The van der Waals surface area contributed by atoms with Crippen molar-refractivity contribution < 1.29 is 4.74 Å². The van der Waals surface area contributed by atoms with Crippen LogP contribution in [0.2, 0.25) is 0 Å². The predicted octanol–water partition coefficient (Wildman–Crippen LogP) is 4.89. The number of para-hydroxylation sites is 1. The molecule has 0 saturated carbocycles. The van der Waals surface area contributed by atoms with Gasteiger partial charge < -0.3 is 10.1 Å². The van der Waals surface area contributed by atoms with Crippen LogP contribution in [0.15, 0.2) is 84.0 Å². The van der Waals surface area contributed by atoms with Gasteiger partial charge in [0, 0.05) is 5.69 Å². The van der Waals surface area contributed by atoms with Gasteiger partial charge in [0.1, 0.15) is 12.4 Å². The molecule has 0 atom stereocenters. The Hall–Kier alpha value is -3.18. The summed E-state index contributed by atoms with van der Waals surface area (Å²) in [5.74, 6) is 0.795. The molecule has 0 amide bonds. The van der Waals surface area contributed by atoms with Crippen molar-refractivity contribution in [3.8, 4) is 5.75 Å². The molecule has 0 heterocycles. The van der Waals surface area contributed by atoms with Crippen molar-refractivity contribution in [2.75, 3.05) is 5.32 Å². The van der Waals surface area contributed by atoms with E-state index in [0.717, 1.165) is 28.1 Å². The number of hydrazone groups is 1. The maximum absolute atomic E-state index is 5.83. The molecule has 3 rings (SSSR count). The molecule has 2 N–H and O–H groups in total. The van der Waals surface area contributed by atoms with E-state index in [2.05, 4.69) is 15.8 Å². The minimum absolute atomic E-state index is 0.442. The molecular formula is C22H21N3OS. The largest absolute Gasteiger partial charge is 0.489 e. The van der Waals surface area contributed by atoms with E-state index >= 15 is 0 Å². The molecule has 136 valence electrons. The van der Waals surface area contributed by atoms with E-state index in [0.29, 0.717) is 11.7 Å². The highest BCUT2D eigenvalue weighted by atomic mass is 32.1. The summed E-state index contributed by atoms with van der Waals surface area (Å²) >= 11 is 5.27. The first kappa shape index (κ1) is 18.6. The SMILES string of the molecule is Cc1ccccc1NC(=S)N/N=C\c1cccc(OCc2ccccc2)c1. The zero-order valence-electron chi connectivity index (χ0n) is 15.1. The molecule has 0 radical (unpaired) electrons. The molecule has 3 aromatic carbocycles. The molecule has 0 saturated heterocycles. The van der Waals surface area contributed by atoms with Gasteiger partial charge in [-0.1, -0.05) is 60.7 Å². The zero-order chi connectivity index (χ0) is 18.9. The van der Waals surface area contributed by atoms with E-state index in [9.17, 15) is 0 Å². The van der Waals surface area contributed by atoms with Crippen LogP contribution in [0.25, 0.3) is 0 Å². The Kier molecular flexibility index (Phi) is 6.55. The molecule has 0 fully saturated rings. The molecule has 3 aromatic rings. The third kappa shape index (κ3) is 5.94. The van der Waals surface area contributed by atoms with E-state index in [1.54, 1.807) is 6.21 Å². The lowest BCUT2D eigenvalue weighted by atomic mass is 10.2. The molecule has 0 aliphatic carbocycles. The van der Waals surface area contributed by atoms with Gasteiger partial charge in [-0.25, -0.2) is 0 Å². The van der Waals surface area contributed by atoms with Crippen molar-refractivity contribution in [2.24, 2.45) is 5.10 Å². The highest BCUT2D eigenvalue weighted by Crippen LogP contribution is 2.14. The van der Waals surface area contributed by atoms with Gasteiger partial charge in [-0.05, 0) is 54.0 Å². The number of anilines is 1. The van der Waals surface area contributed by atoms with E-state index in [1.807, 2.05) is 85.8 Å². The summed E-state index contributed by atoms with van der Waals surface area (Å²) in [4.78, 5) is 0.